The summed E-state index contributed by atoms with van der Waals surface area (Å²) in [6.07, 6.45) is 6.70. The Morgan fingerprint density at radius 1 is 0.596 bits per heavy atom. The fourth-order valence-corrected chi connectivity index (χ4v) is 8.87. The second-order valence-electron chi connectivity index (χ2n) is 14.1. The van der Waals surface area contributed by atoms with E-state index in [0.29, 0.717) is 28.5 Å². The molecule has 2 saturated carbocycles. The van der Waals surface area contributed by atoms with Crippen LogP contribution in [-0.4, -0.2) is 15.0 Å². The summed E-state index contributed by atoms with van der Waals surface area (Å²) in [6.45, 7) is 4.91. The van der Waals surface area contributed by atoms with E-state index in [1.807, 2.05) is 60.7 Å². The third kappa shape index (κ3) is 5.51. The van der Waals surface area contributed by atoms with Crippen molar-refractivity contribution < 1.29 is 0 Å². The summed E-state index contributed by atoms with van der Waals surface area (Å²) in [6, 6.07) is 42.1. The number of aromatic nitrogens is 3. The average Bonchev–Trinajstić information content (AvgIpc) is 3.10. The summed E-state index contributed by atoms with van der Waals surface area (Å²) >= 11 is 0. The maximum Gasteiger partial charge on any atom is 0.164 e. The molecule has 4 atom stereocenters. The van der Waals surface area contributed by atoms with Crippen molar-refractivity contribution in [2.45, 2.75) is 51.4 Å². The third-order valence-corrected chi connectivity index (χ3v) is 10.5. The quantitative estimate of drug-likeness (QED) is 0.195. The highest BCUT2D eigenvalue weighted by atomic mass is 15.0. The molecule has 4 heteroatoms. The molecular weight excluding hydrogens is 573 g/mol. The average molecular weight is 611 g/mol. The lowest BCUT2D eigenvalue weighted by molar-refractivity contribution is 0.0780. The van der Waals surface area contributed by atoms with Crippen LogP contribution in [0.4, 0.5) is 0 Å². The van der Waals surface area contributed by atoms with Crippen molar-refractivity contribution in [3.63, 3.8) is 0 Å². The maximum atomic E-state index is 9.49. The predicted octanol–water partition coefficient (Wildman–Crippen LogP) is 10.7. The molecule has 0 amide bonds. The smallest absolute Gasteiger partial charge is 0.164 e. The van der Waals surface area contributed by atoms with Gasteiger partial charge in [-0.3, -0.25) is 0 Å². The van der Waals surface area contributed by atoms with Gasteiger partial charge in [-0.15, -0.1) is 0 Å². The van der Waals surface area contributed by atoms with Crippen molar-refractivity contribution in [2.75, 3.05) is 0 Å². The number of benzene rings is 5. The largest absolute Gasteiger partial charge is 0.208 e. The summed E-state index contributed by atoms with van der Waals surface area (Å²) in [4.78, 5) is 15.2. The van der Waals surface area contributed by atoms with Gasteiger partial charge in [-0.1, -0.05) is 117 Å². The predicted molar refractivity (Wildman–Crippen MR) is 190 cm³/mol. The normalized spacial score (nSPS) is 22.1. The molecule has 6 aromatic rings. The van der Waals surface area contributed by atoms with Crippen LogP contribution in [0, 0.1) is 29.1 Å². The Labute approximate surface area is 277 Å². The van der Waals surface area contributed by atoms with Gasteiger partial charge in [-0.2, -0.15) is 5.26 Å². The molecule has 1 heterocycles. The van der Waals surface area contributed by atoms with Gasteiger partial charge in [0.1, 0.15) is 0 Å². The molecule has 1 aromatic heterocycles. The molecular formula is C43H38N4. The monoisotopic (exact) mass is 610 g/mol. The molecule has 2 fully saturated rings. The molecule has 0 N–H and O–H groups in total. The second kappa shape index (κ2) is 11.9. The first-order chi connectivity index (χ1) is 23.0. The summed E-state index contributed by atoms with van der Waals surface area (Å²) in [5.41, 5.74) is 7.54. The standard InChI is InChI=1S/C43H38N4/c1-28-21-31-22-29(2)25-43(24-28,26-31)35-18-16-32(17-19-35)36-12-6-7-13-38(36)41-45-40(33-9-4-3-5-10-33)46-42(47-41)39-14-8-11-34-23-30(27-44)15-20-37(34)39/h3-20,23,28-29,31H,21-22,24-26H2,1-2H3/t28-,29+,31-,43?. The van der Waals surface area contributed by atoms with Crippen molar-refractivity contribution in [1.29, 1.82) is 5.26 Å². The van der Waals surface area contributed by atoms with Crippen LogP contribution in [0.1, 0.15) is 57.1 Å². The van der Waals surface area contributed by atoms with E-state index in [2.05, 4.69) is 74.5 Å². The SMILES string of the molecule is C[C@@H]1C[C@@H]2C[C@H](C)CC(c3ccc(-c4ccccc4-c4nc(-c5ccccc5)nc(-c5cccc6cc(C#N)ccc56)n4)cc3)(C1)C2. The summed E-state index contributed by atoms with van der Waals surface area (Å²) in [7, 11) is 0. The molecule has 2 aliphatic rings. The van der Waals surface area contributed by atoms with Gasteiger partial charge in [0.15, 0.2) is 17.5 Å². The Balaban J connectivity index is 1.24. The minimum absolute atomic E-state index is 0.304. The topological polar surface area (TPSA) is 62.5 Å². The summed E-state index contributed by atoms with van der Waals surface area (Å²) in [5.74, 6) is 4.31. The molecule has 2 bridgehead atoms. The third-order valence-electron chi connectivity index (χ3n) is 10.5. The number of nitrogens with zero attached hydrogens (tertiary/aromatic N) is 4. The zero-order chi connectivity index (χ0) is 32.0. The molecule has 8 rings (SSSR count). The summed E-state index contributed by atoms with van der Waals surface area (Å²) in [5, 5.41) is 11.5. The number of rotatable bonds is 5. The van der Waals surface area contributed by atoms with Gasteiger partial charge in [-0.05, 0) is 94.9 Å². The van der Waals surface area contributed by atoms with Crippen molar-refractivity contribution in [3.8, 4) is 51.4 Å². The highest BCUT2D eigenvalue weighted by Crippen LogP contribution is 2.54. The fourth-order valence-electron chi connectivity index (χ4n) is 8.87. The zero-order valence-corrected chi connectivity index (χ0v) is 27.0. The molecule has 230 valence electrons. The molecule has 47 heavy (non-hydrogen) atoms. The minimum Gasteiger partial charge on any atom is -0.208 e. The number of hydrogen-bond acceptors (Lipinski definition) is 4. The Bertz CT molecular complexity index is 2110. The minimum atomic E-state index is 0.304. The van der Waals surface area contributed by atoms with E-state index >= 15 is 0 Å². The second-order valence-corrected chi connectivity index (χ2v) is 14.1. The van der Waals surface area contributed by atoms with E-state index in [1.54, 1.807) is 0 Å². The highest BCUT2D eigenvalue weighted by Gasteiger charge is 2.45. The van der Waals surface area contributed by atoms with E-state index in [-0.39, 0.29) is 0 Å². The number of nitriles is 1. The lowest BCUT2D eigenvalue weighted by Gasteiger charge is -2.50. The van der Waals surface area contributed by atoms with Gasteiger partial charge < -0.3 is 0 Å². The van der Waals surface area contributed by atoms with Gasteiger partial charge in [0.25, 0.3) is 0 Å². The molecule has 0 radical (unpaired) electrons. The lowest BCUT2D eigenvalue weighted by Crippen LogP contribution is -2.42. The van der Waals surface area contributed by atoms with Crippen LogP contribution >= 0.6 is 0 Å². The first-order valence-electron chi connectivity index (χ1n) is 16.9. The van der Waals surface area contributed by atoms with E-state index in [1.165, 1.54) is 43.2 Å². The van der Waals surface area contributed by atoms with Crippen LogP contribution in [0.15, 0.2) is 115 Å². The van der Waals surface area contributed by atoms with Crippen molar-refractivity contribution in [3.05, 3.63) is 126 Å². The van der Waals surface area contributed by atoms with E-state index in [0.717, 1.165) is 50.8 Å². The molecule has 0 spiro atoms. The Hall–Kier alpha value is -5.14. The number of hydrogen-bond donors (Lipinski definition) is 0. The highest BCUT2D eigenvalue weighted by molar-refractivity contribution is 5.96. The zero-order valence-electron chi connectivity index (χ0n) is 27.0. The van der Waals surface area contributed by atoms with Gasteiger partial charge in [0, 0.05) is 16.7 Å². The molecule has 4 nitrogen and oxygen atoms in total. The first-order valence-corrected chi connectivity index (χ1v) is 16.9. The first kappa shape index (κ1) is 29.3. The Morgan fingerprint density at radius 3 is 1.96 bits per heavy atom. The molecule has 2 aliphatic carbocycles. The lowest BCUT2D eigenvalue weighted by atomic mass is 9.54. The van der Waals surface area contributed by atoms with Gasteiger partial charge in [0.05, 0.1) is 11.6 Å². The fraction of sp³-hybridized carbons (Fsp3) is 0.256. The van der Waals surface area contributed by atoms with Crippen molar-refractivity contribution in [1.82, 2.24) is 15.0 Å². The van der Waals surface area contributed by atoms with Crippen LogP contribution in [0.5, 0.6) is 0 Å². The van der Waals surface area contributed by atoms with Crippen LogP contribution in [0.3, 0.4) is 0 Å². The van der Waals surface area contributed by atoms with Gasteiger partial charge in [-0.25, -0.2) is 15.0 Å². The van der Waals surface area contributed by atoms with Gasteiger partial charge >= 0.3 is 0 Å². The van der Waals surface area contributed by atoms with E-state index < -0.39 is 0 Å². The molecule has 0 saturated heterocycles. The molecule has 1 unspecified atom stereocenters. The number of fused-ring (bicyclic) bond motifs is 3. The van der Waals surface area contributed by atoms with Crippen molar-refractivity contribution in [2.24, 2.45) is 17.8 Å². The maximum absolute atomic E-state index is 9.49. The molecule has 0 aliphatic heterocycles. The van der Waals surface area contributed by atoms with Crippen LogP contribution in [0.25, 0.3) is 56.1 Å². The Kier molecular flexibility index (Phi) is 7.41. The van der Waals surface area contributed by atoms with Crippen molar-refractivity contribution >= 4 is 10.8 Å². The van der Waals surface area contributed by atoms with E-state index in [4.69, 9.17) is 15.0 Å². The Morgan fingerprint density at radius 2 is 1.23 bits per heavy atom. The van der Waals surface area contributed by atoms with Gasteiger partial charge in [0.2, 0.25) is 0 Å². The van der Waals surface area contributed by atoms with Crippen LogP contribution in [-0.2, 0) is 5.41 Å². The molecule has 5 aromatic carbocycles. The van der Waals surface area contributed by atoms with E-state index in [9.17, 15) is 5.26 Å². The van der Waals surface area contributed by atoms with Crippen LogP contribution in [0.2, 0.25) is 0 Å². The summed E-state index contributed by atoms with van der Waals surface area (Å²) < 4.78 is 0. The van der Waals surface area contributed by atoms with Crippen LogP contribution < -0.4 is 0 Å².